The molecule has 1 atom stereocenters. The van der Waals surface area contributed by atoms with Crippen LogP contribution in [0.4, 0.5) is 10.1 Å². The van der Waals surface area contributed by atoms with Crippen LogP contribution in [0.1, 0.15) is 17.3 Å². The van der Waals surface area contributed by atoms with Gasteiger partial charge in [0.15, 0.2) is 0 Å². The quantitative estimate of drug-likeness (QED) is 0.737. The van der Waals surface area contributed by atoms with Gasteiger partial charge in [0, 0.05) is 7.05 Å². The third kappa shape index (κ3) is 3.11. The molecule has 0 aliphatic heterocycles. The Morgan fingerprint density at radius 3 is 2.31 bits per heavy atom. The van der Waals surface area contributed by atoms with Crippen molar-refractivity contribution in [1.29, 1.82) is 0 Å². The second-order valence-electron chi connectivity index (χ2n) is 5.97. The Morgan fingerprint density at radius 2 is 1.73 bits per heavy atom. The van der Waals surface area contributed by atoms with Gasteiger partial charge in [0.2, 0.25) is 5.91 Å². The zero-order valence-electron chi connectivity index (χ0n) is 14.4. The molecule has 6 nitrogen and oxygen atoms in total. The van der Waals surface area contributed by atoms with Crippen LogP contribution in [0.15, 0.2) is 59.4 Å². The first kappa shape index (κ1) is 17.5. The second kappa shape index (κ2) is 6.87. The fourth-order valence-corrected chi connectivity index (χ4v) is 2.85. The number of benzene rings is 2. The third-order valence-electron chi connectivity index (χ3n) is 4.33. The van der Waals surface area contributed by atoms with E-state index >= 15 is 0 Å². The molecule has 0 aliphatic carbocycles. The molecule has 3 rings (SSSR count). The van der Waals surface area contributed by atoms with Gasteiger partial charge in [0.1, 0.15) is 17.5 Å². The molecule has 0 radical (unpaired) electrons. The van der Waals surface area contributed by atoms with Crippen LogP contribution in [0.5, 0.6) is 0 Å². The zero-order chi connectivity index (χ0) is 18.8. The number of aromatic nitrogens is 2. The molecule has 0 bridgehead atoms. The van der Waals surface area contributed by atoms with E-state index in [1.165, 1.54) is 28.9 Å². The maximum absolute atomic E-state index is 13.2. The predicted octanol–water partition coefficient (Wildman–Crippen LogP) is 2.26. The molecule has 3 N–H and O–H groups in total. The van der Waals surface area contributed by atoms with Gasteiger partial charge in [-0.3, -0.25) is 14.3 Å². The van der Waals surface area contributed by atoms with Gasteiger partial charge in [-0.2, -0.15) is 0 Å². The minimum Gasteiger partial charge on any atom is -0.368 e. The van der Waals surface area contributed by atoms with Crippen molar-refractivity contribution in [2.75, 3.05) is 5.32 Å². The number of rotatable bonds is 5. The normalized spacial score (nSPS) is 12.0. The molecule has 0 aliphatic rings. The van der Waals surface area contributed by atoms with Crippen molar-refractivity contribution in [3.8, 4) is 5.69 Å². The molecule has 26 heavy (non-hydrogen) atoms. The minimum atomic E-state index is -0.950. The first-order valence-corrected chi connectivity index (χ1v) is 8.05. The van der Waals surface area contributed by atoms with Gasteiger partial charge in [-0.1, -0.05) is 30.3 Å². The first-order valence-electron chi connectivity index (χ1n) is 8.05. The topological polar surface area (TPSA) is 82.1 Å². The van der Waals surface area contributed by atoms with Crippen molar-refractivity contribution >= 4 is 11.6 Å². The van der Waals surface area contributed by atoms with Crippen LogP contribution in [0.3, 0.4) is 0 Å². The Labute approximate surface area is 149 Å². The van der Waals surface area contributed by atoms with Gasteiger partial charge in [-0.25, -0.2) is 9.07 Å². The van der Waals surface area contributed by atoms with E-state index < -0.39 is 17.8 Å². The molecule has 1 aromatic heterocycles. The lowest BCUT2D eigenvalue weighted by Crippen LogP contribution is -2.30. The number of carbonyl (C=O) groups is 1. The molecule has 1 unspecified atom stereocenters. The van der Waals surface area contributed by atoms with Gasteiger partial charge < -0.3 is 11.1 Å². The molecule has 1 amide bonds. The van der Waals surface area contributed by atoms with E-state index in [2.05, 4.69) is 5.32 Å². The number of carbonyl (C=O) groups excluding carboxylic acids is 1. The average molecular weight is 354 g/mol. The van der Waals surface area contributed by atoms with Crippen LogP contribution in [0.2, 0.25) is 0 Å². The number of primary amides is 1. The number of para-hydroxylation sites is 1. The van der Waals surface area contributed by atoms with Gasteiger partial charge in [0.25, 0.3) is 5.56 Å². The van der Waals surface area contributed by atoms with E-state index in [1.54, 1.807) is 18.7 Å². The maximum Gasteiger partial charge on any atom is 0.295 e. The SMILES string of the molecule is Cc1c(NC(C(N)=O)c2ccc(F)cc2)c(=O)n(-c2ccccc2)n1C. The van der Waals surface area contributed by atoms with E-state index in [-0.39, 0.29) is 11.2 Å². The summed E-state index contributed by atoms with van der Waals surface area (Å²) in [5, 5.41) is 2.93. The molecule has 3 aromatic rings. The number of halogens is 1. The zero-order valence-corrected chi connectivity index (χ0v) is 14.4. The summed E-state index contributed by atoms with van der Waals surface area (Å²) in [6.45, 7) is 1.77. The number of hydrogen-bond acceptors (Lipinski definition) is 3. The minimum absolute atomic E-state index is 0.268. The Morgan fingerprint density at radius 1 is 1.12 bits per heavy atom. The molecule has 134 valence electrons. The van der Waals surface area contributed by atoms with E-state index in [0.29, 0.717) is 16.9 Å². The highest BCUT2D eigenvalue weighted by Crippen LogP contribution is 2.21. The van der Waals surface area contributed by atoms with Gasteiger partial charge in [0.05, 0.1) is 11.4 Å². The molecule has 7 heteroatoms. The molecule has 0 saturated heterocycles. The lowest BCUT2D eigenvalue weighted by atomic mass is 10.1. The fraction of sp³-hybridized carbons (Fsp3) is 0.158. The second-order valence-corrected chi connectivity index (χ2v) is 5.97. The van der Waals surface area contributed by atoms with Crippen molar-refractivity contribution in [2.45, 2.75) is 13.0 Å². The van der Waals surface area contributed by atoms with Crippen molar-refractivity contribution < 1.29 is 9.18 Å². The van der Waals surface area contributed by atoms with Crippen LogP contribution in [-0.2, 0) is 11.8 Å². The van der Waals surface area contributed by atoms with Crippen LogP contribution in [0, 0.1) is 12.7 Å². The molecular formula is C19H19FN4O2. The van der Waals surface area contributed by atoms with E-state index in [4.69, 9.17) is 5.73 Å². The smallest absolute Gasteiger partial charge is 0.295 e. The fourth-order valence-electron chi connectivity index (χ4n) is 2.85. The highest BCUT2D eigenvalue weighted by atomic mass is 19.1. The van der Waals surface area contributed by atoms with Crippen molar-refractivity contribution in [3.05, 3.63) is 82.0 Å². The standard InChI is InChI=1S/C19H19FN4O2/c1-12-16(19(26)24(23(12)2)15-6-4-3-5-7-15)22-17(18(21)25)13-8-10-14(20)11-9-13/h3-11,17,22H,1-2H3,(H2,21,25). The first-order chi connectivity index (χ1) is 12.4. The number of nitrogens with one attached hydrogen (secondary N) is 1. The van der Waals surface area contributed by atoms with E-state index in [9.17, 15) is 14.0 Å². The number of amides is 1. The number of anilines is 1. The third-order valence-corrected chi connectivity index (χ3v) is 4.33. The summed E-state index contributed by atoms with van der Waals surface area (Å²) in [7, 11) is 1.76. The van der Waals surface area contributed by atoms with Gasteiger partial charge >= 0.3 is 0 Å². The number of hydrogen-bond donors (Lipinski definition) is 2. The van der Waals surface area contributed by atoms with Crippen LogP contribution >= 0.6 is 0 Å². The summed E-state index contributed by atoms with van der Waals surface area (Å²) in [5.74, 6) is -1.08. The van der Waals surface area contributed by atoms with E-state index in [1.807, 2.05) is 30.3 Å². The maximum atomic E-state index is 13.2. The monoisotopic (exact) mass is 354 g/mol. The van der Waals surface area contributed by atoms with Crippen molar-refractivity contribution in [3.63, 3.8) is 0 Å². The number of nitrogens with zero attached hydrogens (tertiary/aromatic N) is 2. The Kier molecular flexibility index (Phi) is 4.62. The average Bonchev–Trinajstić information content (AvgIpc) is 2.84. The summed E-state index contributed by atoms with van der Waals surface area (Å²) >= 11 is 0. The molecule has 0 spiro atoms. The molecule has 2 aromatic carbocycles. The molecule has 1 heterocycles. The summed E-state index contributed by atoms with van der Waals surface area (Å²) in [6, 6.07) is 13.6. The largest absolute Gasteiger partial charge is 0.368 e. The Balaban J connectivity index is 2.05. The predicted molar refractivity (Wildman–Crippen MR) is 97.7 cm³/mol. The van der Waals surface area contributed by atoms with Crippen molar-refractivity contribution in [1.82, 2.24) is 9.36 Å². The lowest BCUT2D eigenvalue weighted by molar-refractivity contribution is -0.118. The van der Waals surface area contributed by atoms with Crippen LogP contribution in [0.25, 0.3) is 5.69 Å². The van der Waals surface area contributed by atoms with Gasteiger partial charge in [-0.15, -0.1) is 0 Å². The lowest BCUT2D eigenvalue weighted by Gasteiger charge is -2.16. The summed E-state index contributed by atoms with van der Waals surface area (Å²) in [6.07, 6.45) is 0. The highest BCUT2D eigenvalue weighted by Gasteiger charge is 2.23. The molecular weight excluding hydrogens is 335 g/mol. The van der Waals surface area contributed by atoms with Crippen molar-refractivity contribution in [2.24, 2.45) is 12.8 Å². The van der Waals surface area contributed by atoms with E-state index in [0.717, 1.165) is 0 Å². The van der Waals surface area contributed by atoms with Gasteiger partial charge in [-0.05, 0) is 36.8 Å². The molecule has 0 saturated carbocycles. The summed E-state index contributed by atoms with van der Waals surface area (Å²) in [4.78, 5) is 24.8. The Hall–Kier alpha value is -3.35. The summed E-state index contributed by atoms with van der Waals surface area (Å²) in [5.41, 5.74) is 7.29. The Bertz CT molecular complexity index is 991. The van der Waals surface area contributed by atoms with Crippen LogP contribution < -0.4 is 16.6 Å². The highest BCUT2D eigenvalue weighted by molar-refractivity contribution is 5.84. The van der Waals surface area contributed by atoms with Crippen LogP contribution in [-0.4, -0.2) is 15.3 Å². The number of nitrogens with two attached hydrogens (primary N) is 1. The molecule has 0 fully saturated rings. The summed E-state index contributed by atoms with van der Waals surface area (Å²) < 4.78 is 16.4.